The molecular weight excluding hydrogens is 232 g/mol. The normalized spacial score (nSPS) is 10.0. The van der Waals surface area contributed by atoms with Crippen LogP contribution >= 0.6 is 23.5 Å². The minimum atomic E-state index is 1.02. The fourth-order valence-corrected chi connectivity index (χ4v) is 2.68. The molecule has 0 radical (unpaired) electrons. The van der Waals surface area contributed by atoms with Crippen molar-refractivity contribution in [3.05, 3.63) is 60.7 Å². The van der Waals surface area contributed by atoms with Crippen LogP contribution in [0.5, 0.6) is 0 Å². The van der Waals surface area contributed by atoms with E-state index in [1.807, 2.05) is 35.7 Å². The lowest BCUT2D eigenvalue weighted by Gasteiger charge is -2.03. The maximum absolute atomic E-state index is 3.72. The average Bonchev–Trinajstić information content (AvgIpc) is 2.32. The van der Waals surface area contributed by atoms with Crippen molar-refractivity contribution in [2.45, 2.75) is 11.5 Å². The van der Waals surface area contributed by atoms with Gasteiger partial charge in [-0.05, 0) is 11.1 Å². The van der Waals surface area contributed by atoms with E-state index in [9.17, 15) is 0 Å². The van der Waals surface area contributed by atoms with Crippen LogP contribution in [-0.4, -0.2) is 11.5 Å². The van der Waals surface area contributed by atoms with Gasteiger partial charge in [0.15, 0.2) is 0 Å². The fourth-order valence-electron chi connectivity index (χ4n) is 1.25. The van der Waals surface area contributed by atoms with Crippen LogP contribution in [0.15, 0.2) is 49.6 Å². The summed E-state index contributed by atoms with van der Waals surface area (Å²) in [5.74, 6) is 4.20. The van der Waals surface area contributed by atoms with Crippen LogP contribution in [0.4, 0.5) is 0 Å². The van der Waals surface area contributed by atoms with E-state index in [1.165, 1.54) is 11.1 Å². The highest BCUT2D eigenvalue weighted by atomic mass is 32.2. The molecule has 0 aliphatic heterocycles. The first-order valence-corrected chi connectivity index (χ1v) is 7.63. The van der Waals surface area contributed by atoms with Crippen molar-refractivity contribution < 1.29 is 0 Å². The Bertz CT molecular complexity index is 281. The Morgan fingerprint density at radius 3 is 1.50 bits per heavy atom. The predicted octanol–water partition coefficient (Wildman–Crippen LogP) is 4.53. The van der Waals surface area contributed by atoms with Crippen LogP contribution in [0.1, 0.15) is 11.1 Å². The summed E-state index contributed by atoms with van der Waals surface area (Å²) in [7, 11) is 0. The zero-order chi connectivity index (χ0) is 11.6. The van der Waals surface area contributed by atoms with E-state index < -0.39 is 0 Å². The number of hydrogen-bond donors (Lipinski definition) is 0. The summed E-state index contributed by atoms with van der Waals surface area (Å²) in [6.07, 6.45) is 3.90. The van der Waals surface area contributed by atoms with Gasteiger partial charge in [0.1, 0.15) is 0 Å². The second kappa shape index (κ2) is 8.54. The molecule has 0 saturated carbocycles. The Balaban J connectivity index is 2.35. The molecule has 0 aromatic heterocycles. The quantitative estimate of drug-likeness (QED) is 0.491. The minimum absolute atomic E-state index is 1.02. The first-order valence-electron chi connectivity index (χ1n) is 5.32. The van der Waals surface area contributed by atoms with Gasteiger partial charge in [-0.25, -0.2) is 0 Å². The van der Waals surface area contributed by atoms with Gasteiger partial charge >= 0.3 is 0 Å². The van der Waals surface area contributed by atoms with E-state index in [4.69, 9.17) is 0 Å². The lowest BCUT2D eigenvalue weighted by atomic mass is 10.2. The maximum atomic E-state index is 3.72. The molecule has 0 fully saturated rings. The molecule has 0 atom stereocenters. The molecular formula is C14H18S2. The fraction of sp³-hybridized carbons (Fsp3) is 0.286. The SMILES string of the molecule is C=CCSCc1ccc(CSCC=C)cc1. The van der Waals surface area contributed by atoms with Crippen molar-refractivity contribution in [2.75, 3.05) is 11.5 Å². The Hall–Kier alpha value is -0.600. The predicted molar refractivity (Wildman–Crippen MR) is 79.2 cm³/mol. The minimum Gasteiger partial charge on any atom is -0.153 e. The Morgan fingerprint density at radius 1 is 0.812 bits per heavy atom. The molecule has 1 aromatic carbocycles. The molecule has 0 aliphatic carbocycles. The summed E-state index contributed by atoms with van der Waals surface area (Å²) in [5.41, 5.74) is 2.79. The van der Waals surface area contributed by atoms with E-state index in [-0.39, 0.29) is 0 Å². The van der Waals surface area contributed by atoms with Crippen LogP contribution in [0.3, 0.4) is 0 Å². The van der Waals surface area contributed by atoms with E-state index in [2.05, 4.69) is 37.4 Å². The molecule has 0 N–H and O–H groups in total. The van der Waals surface area contributed by atoms with Crippen LogP contribution in [0.25, 0.3) is 0 Å². The highest BCUT2D eigenvalue weighted by Gasteiger charge is 1.95. The molecule has 0 saturated heterocycles. The van der Waals surface area contributed by atoms with Crippen LogP contribution in [0, 0.1) is 0 Å². The van der Waals surface area contributed by atoms with Crippen LogP contribution < -0.4 is 0 Å². The second-order valence-corrected chi connectivity index (χ2v) is 5.48. The van der Waals surface area contributed by atoms with Gasteiger partial charge < -0.3 is 0 Å². The molecule has 86 valence electrons. The van der Waals surface area contributed by atoms with Gasteiger partial charge in [0.2, 0.25) is 0 Å². The van der Waals surface area contributed by atoms with E-state index in [1.54, 1.807) is 0 Å². The molecule has 1 rings (SSSR count). The number of benzene rings is 1. The zero-order valence-electron chi connectivity index (χ0n) is 9.52. The summed E-state index contributed by atoms with van der Waals surface area (Å²) < 4.78 is 0. The third kappa shape index (κ3) is 5.47. The van der Waals surface area contributed by atoms with Gasteiger partial charge in [0.05, 0.1) is 0 Å². The zero-order valence-corrected chi connectivity index (χ0v) is 11.2. The van der Waals surface area contributed by atoms with Crippen molar-refractivity contribution >= 4 is 23.5 Å². The van der Waals surface area contributed by atoms with Gasteiger partial charge in [0, 0.05) is 23.0 Å². The third-order valence-electron chi connectivity index (χ3n) is 2.03. The molecule has 16 heavy (non-hydrogen) atoms. The highest BCUT2D eigenvalue weighted by molar-refractivity contribution is 7.98. The molecule has 0 nitrogen and oxygen atoms in total. The summed E-state index contributed by atoms with van der Waals surface area (Å²) in [6.45, 7) is 7.43. The monoisotopic (exact) mass is 250 g/mol. The summed E-state index contributed by atoms with van der Waals surface area (Å²) >= 11 is 3.79. The van der Waals surface area contributed by atoms with Crippen molar-refractivity contribution in [2.24, 2.45) is 0 Å². The molecule has 0 aliphatic rings. The number of rotatable bonds is 8. The van der Waals surface area contributed by atoms with E-state index in [0.29, 0.717) is 0 Å². The van der Waals surface area contributed by atoms with Gasteiger partial charge in [0.25, 0.3) is 0 Å². The van der Waals surface area contributed by atoms with Gasteiger partial charge in [-0.1, -0.05) is 36.4 Å². The first kappa shape index (κ1) is 13.5. The third-order valence-corrected chi connectivity index (χ3v) is 4.05. The topological polar surface area (TPSA) is 0 Å². The summed E-state index contributed by atoms with van der Waals surface area (Å²) in [4.78, 5) is 0. The molecule has 2 heteroatoms. The first-order chi connectivity index (χ1) is 7.86. The number of thioether (sulfide) groups is 2. The average molecular weight is 250 g/mol. The molecule has 0 spiro atoms. The van der Waals surface area contributed by atoms with Gasteiger partial charge in [-0.3, -0.25) is 0 Å². The highest BCUT2D eigenvalue weighted by Crippen LogP contribution is 2.16. The van der Waals surface area contributed by atoms with Crippen molar-refractivity contribution in [3.63, 3.8) is 0 Å². The van der Waals surface area contributed by atoms with Crippen molar-refractivity contribution in [1.29, 1.82) is 0 Å². The van der Waals surface area contributed by atoms with Crippen LogP contribution in [-0.2, 0) is 11.5 Å². The number of hydrogen-bond acceptors (Lipinski definition) is 2. The standard InChI is InChI=1S/C14H18S2/c1-3-9-15-11-13-5-7-14(8-6-13)12-16-10-4-2/h3-8H,1-2,9-12H2. The molecule has 0 amide bonds. The van der Waals surface area contributed by atoms with E-state index in [0.717, 1.165) is 23.0 Å². The lowest BCUT2D eigenvalue weighted by molar-refractivity contribution is 1.34. The smallest absolute Gasteiger partial charge is 0.0187 e. The Morgan fingerprint density at radius 2 is 1.19 bits per heavy atom. The largest absolute Gasteiger partial charge is 0.153 e. The summed E-state index contributed by atoms with van der Waals surface area (Å²) in [6, 6.07) is 8.89. The molecule has 1 aromatic rings. The summed E-state index contributed by atoms with van der Waals surface area (Å²) in [5, 5.41) is 0. The Labute approximate surface area is 107 Å². The Kier molecular flexibility index (Phi) is 7.19. The van der Waals surface area contributed by atoms with Gasteiger partial charge in [-0.15, -0.1) is 13.2 Å². The molecule has 0 heterocycles. The molecule has 0 bridgehead atoms. The van der Waals surface area contributed by atoms with E-state index >= 15 is 0 Å². The second-order valence-electron chi connectivity index (χ2n) is 3.42. The van der Waals surface area contributed by atoms with Gasteiger partial charge in [-0.2, -0.15) is 23.5 Å². The lowest BCUT2D eigenvalue weighted by Crippen LogP contribution is -1.85. The van der Waals surface area contributed by atoms with Crippen molar-refractivity contribution in [3.8, 4) is 0 Å². The maximum Gasteiger partial charge on any atom is 0.0187 e. The van der Waals surface area contributed by atoms with Crippen LogP contribution in [0.2, 0.25) is 0 Å². The van der Waals surface area contributed by atoms with Crippen molar-refractivity contribution in [1.82, 2.24) is 0 Å². The molecule has 0 unspecified atom stereocenters.